The monoisotopic (exact) mass is 282 g/mol. The van der Waals surface area contributed by atoms with Crippen LogP contribution in [0.4, 0.5) is 11.4 Å². The van der Waals surface area contributed by atoms with Gasteiger partial charge >= 0.3 is 17.3 Å². The molecule has 1 aromatic heterocycles. The largest absolute Gasteiger partial charge is 0.497 e. The summed E-state index contributed by atoms with van der Waals surface area (Å²) in [6, 6.07) is 0.747. The third-order valence-corrected chi connectivity index (χ3v) is 2.68. The van der Waals surface area contributed by atoms with Crippen molar-refractivity contribution in [1.29, 1.82) is 0 Å². The van der Waals surface area contributed by atoms with E-state index >= 15 is 0 Å². The highest BCUT2D eigenvalue weighted by Gasteiger charge is 2.34. The fourth-order valence-corrected chi connectivity index (χ4v) is 1.91. The summed E-state index contributed by atoms with van der Waals surface area (Å²) in [6.45, 7) is 1.25. The second-order valence-electron chi connectivity index (χ2n) is 3.82. The van der Waals surface area contributed by atoms with Gasteiger partial charge in [0.15, 0.2) is 0 Å². The highest BCUT2D eigenvalue weighted by atomic mass is 16.6. The van der Waals surface area contributed by atoms with Gasteiger partial charge in [-0.25, -0.2) is 4.79 Å². The van der Waals surface area contributed by atoms with Crippen LogP contribution in [0, 0.1) is 27.2 Å². The van der Waals surface area contributed by atoms with Crippen LogP contribution in [0.5, 0.6) is 5.75 Å². The number of nitro benzene ring substituents is 2. The Hall–Kier alpha value is -3.17. The van der Waals surface area contributed by atoms with Crippen LogP contribution in [-0.2, 0) is 0 Å². The van der Waals surface area contributed by atoms with Gasteiger partial charge in [0.1, 0.15) is 22.3 Å². The number of benzene rings is 1. The Morgan fingerprint density at radius 3 is 2.35 bits per heavy atom. The molecule has 0 saturated carbocycles. The van der Waals surface area contributed by atoms with Crippen LogP contribution >= 0.6 is 0 Å². The molecule has 0 aliphatic heterocycles. The summed E-state index contributed by atoms with van der Waals surface area (Å²) in [4.78, 5) is 30.7. The molecule has 0 aliphatic carbocycles. The van der Waals surface area contributed by atoms with Gasteiger partial charge in [-0.2, -0.15) is 0 Å². The lowest BCUT2D eigenvalue weighted by molar-refractivity contribution is -0.394. The van der Waals surface area contributed by atoms with Crippen molar-refractivity contribution in [2.45, 2.75) is 6.92 Å². The minimum absolute atomic E-state index is 0.157. The number of rotatable bonds is 3. The van der Waals surface area contributed by atoms with Gasteiger partial charge < -0.3 is 14.6 Å². The van der Waals surface area contributed by atoms with Gasteiger partial charge in [0.05, 0.1) is 15.9 Å². The zero-order valence-corrected chi connectivity index (χ0v) is 9.82. The Kier molecular flexibility index (Phi) is 2.78. The number of aromatic carboxylic acids is 1. The molecule has 1 aromatic carbocycles. The zero-order chi connectivity index (χ0) is 15.2. The molecular formula is C10H6N2O8. The normalized spacial score (nSPS) is 10.7. The van der Waals surface area contributed by atoms with E-state index in [0.717, 1.165) is 6.07 Å². The first-order valence-corrected chi connectivity index (χ1v) is 5.06. The number of phenols is 1. The molecule has 1 heterocycles. The number of fused-ring (bicyclic) bond motifs is 1. The Bertz CT molecular complexity index is 775. The minimum Gasteiger partial charge on any atom is -0.497 e. The summed E-state index contributed by atoms with van der Waals surface area (Å²) in [5.74, 6) is -2.87. The quantitative estimate of drug-likeness (QED) is 0.638. The van der Waals surface area contributed by atoms with Crippen molar-refractivity contribution < 1.29 is 29.3 Å². The highest BCUT2D eigenvalue weighted by Crippen LogP contribution is 2.44. The van der Waals surface area contributed by atoms with E-state index in [1.165, 1.54) is 6.92 Å². The fraction of sp³-hybridized carbons (Fsp3) is 0.100. The smallest absolute Gasteiger partial charge is 0.340 e. The number of carboxylic acids is 1. The fourth-order valence-electron chi connectivity index (χ4n) is 1.91. The summed E-state index contributed by atoms with van der Waals surface area (Å²) in [6.07, 6.45) is 0. The maximum atomic E-state index is 11.1. The molecule has 0 fully saturated rings. The van der Waals surface area contributed by atoms with Crippen LogP contribution < -0.4 is 0 Å². The summed E-state index contributed by atoms with van der Waals surface area (Å²) >= 11 is 0. The van der Waals surface area contributed by atoms with Crippen molar-refractivity contribution in [2.75, 3.05) is 0 Å². The summed E-state index contributed by atoms with van der Waals surface area (Å²) in [5, 5.41) is 39.9. The Labute approximate surface area is 109 Å². The molecule has 0 unspecified atom stereocenters. The van der Waals surface area contributed by atoms with Crippen LogP contribution in [0.1, 0.15) is 16.1 Å². The lowest BCUT2D eigenvalue weighted by Gasteiger charge is -1.99. The van der Waals surface area contributed by atoms with Crippen LogP contribution in [-0.4, -0.2) is 26.0 Å². The van der Waals surface area contributed by atoms with Gasteiger partial charge in [0, 0.05) is 0 Å². The lowest BCUT2D eigenvalue weighted by atomic mass is 10.1. The molecule has 2 N–H and O–H groups in total. The van der Waals surface area contributed by atoms with Crippen molar-refractivity contribution in [3.8, 4) is 5.75 Å². The number of aryl methyl sites for hydroxylation is 1. The van der Waals surface area contributed by atoms with E-state index in [1.807, 2.05) is 0 Å². The van der Waals surface area contributed by atoms with Crippen molar-refractivity contribution in [3.05, 3.63) is 37.6 Å². The number of aromatic hydroxyl groups is 1. The van der Waals surface area contributed by atoms with Crippen LogP contribution in [0.2, 0.25) is 0 Å². The number of carboxylic acid groups (broad SMARTS) is 1. The van der Waals surface area contributed by atoms with Crippen molar-refractivity contribution in [1.82, 2.24) is 0 Å². The molecule has 0 radical (unpaired) electrons. The molecule has 0 amide bonds. The van der Waals surface area contributed by atoms with E-state index in [9.17, 15) is 30.1 Å². The SMILES string of the molecule is Cc1oc2cc([N+](=O)[O-])c(O)c([N+](=O)[O-])c2c1C(=O)O. The first kappa shape index (κ1) is 13.3. The van der Waals surface area contributed by atoms with E-state index in [4.69, 9.17) is 9.52 Å². The molecule has 104 valence electrons. The number of nitrogens with zero attached hydrogens (tertiary/aromatic N) is 2. The predicted molar refractivity (Wildman–Crippen MR) is 62.9 cm³/mol. The van der Waals surface area contributed by atoms with E-state index in [-0.39, 0.29) is 11.3 Å². The second-order valence-corrected chi connectivity index (χ2v) is 3.82. The molecule has 10 heteroatoms. The van der Waals surface area contributed by atoms with Gasteiger partial charge in [-0.15, -0.1) is 0 Å². The molecule has 2 rings (SSSR count). The summed E-state index contributed by atoms with van der Waals surface area (Å²) in [5.41, 5.74) is -2.87. The molecular weight excluding hydrogens is 276 g/mol. The molecule has 0 aliphatic rings. The van der Waals surface area contributed by atoms with Gasteiger partial charge in [0.2, 0.25) is 0 Å². The van der Waals surface area contributed by atoms with Crippen molar-refractivity contribution in [3.63, 3.8) is 0 Å². The molecule has 0 atom stereocenters. The van der Waals surface area contributed by atoms with E-state index in [0.29, 0.717) is 0 Å². The van der Waals surface area contributed by atoms with Gasteiger partial charge in [0.25, 0.3) is 5.75 Å². The molecule has 2 aromatic rings. The van der Waals surface area contributed by atoms with E-state index in [2.05, 4.69) is 0 Å². The number of hydrogen-bond acceptors (Lipinski definition) is 7. The molecule has 0 saturated heterocycles. The second kappa shape index (κ2) is 4.19. The van der Waals surface area contributed by atoms with Gasteiger partial charge in [-0.05, 0) is 6.92 Å². The predicted octanol–water partition coefficient (Wildman–Crippen LogP) is 1.96. The lowest BCUT2D eigenvalue weighted by Crippen LogP contribution is -2.00. The topological polar surface area (TPSA) is 157 Å². The Balaban J connectivity index is 3.07. The average Bonchev–Trinajstić information content (AvgIpc) is 2.62. The molecule has 0 bridgehead atoms. The standard InChI is InChI=1S/C10H6N2O8/c1-3-6(10(14)15)7-5(20-3)2-4(11(16)17)9(13)8(7)12(18)19/h2,13H,1H3,(H,14,15). The maximum Gasteiger partial charge on any atom is 0.340 e. The third-order valence-electron chi connectivity index (χ3n) is 2.68. The molecule has 0 spiro atoms. The van der Waals surface area contributed by atoms with E-state index < -0.39 is 43.9 Å². The first-order valence-electron chi connectivity index (χ1n) is 5.06. The number of carbonyl (C=O) groups is 1. The number of nitro groups is 2. The van der Waals surface area contributed by atoms with Crippen molar-refractivity contribution >= 4 is 28.3 Å². The Morgan fingerprint density at radius 1 is 1.30 bits per heavy atom. The highest BCUT2D eigenvalue weighted by molar-refractivity contribution is 6.09. The van der Waals surface area contributed by atoms with Crippen LogP contribution in [0.25, 0.3) is 11.0 Å². The number of phenolic OH excluding ortho intramolecular Hbond substituents is 1. The van der Waals surface area contributed by atoms with Crippen LogP contribution in [0.3, 0.4) is 0 Å². The maximum absolute atomic E-state index is 11.1. The summed E-state index contributed by atoms with van der Waals surface area (Å²) in [7, 11) is 0. The van der Waals surface area contributed by atoms with Crippen molar-refractivity contribution in [2.24, 2.45) is 0 Å². The average molecular weight is 282 g/mol. The molecule has 20 heavy (non-hydrogen) atoms. The van der Waals surface area contributed by atoms with Crippen LogP contribution in [0.15, 0.2) is 10.5 Å². The third kappa shape index (κ3) is 1.70. The molecule has 10 nitrogen and oxygen atoms in total. The minimum atomic E-state index is -1.50. The Morgan fingerprint density at radius 2 is 1.90 bits per heavy atom. The zero-order valence-electron chi connectivity index (χ0n) is 9.82. The van der Waals surface area contributed by atoms with Gasteiger partial charge in [-0.3, -0.25) is 20.2 Å². The number of hydrogen-bond donors (Lipinski definition) is 2. The first-order chi connectivity index (χ1) is 9.25. The van der Waals surface area contributed by atoms with Gasteiger partial charge in [-0.1, -0.05) is 0 Å². The van der Waals surface area contributed by atoms with E-state index in [1.54, 1.807) is 0 Å². The number of furan rings is 1. The summed E-state index contributed by atoms with van der Waals surface area (Å²) < 4.78 is 5.00.